The predicted molar refractivity (Wildman–Crippen MR) is 83.6 cm³/mol. The maximum atomic E-state index is 3.56. The smallest absolute Gasteiger partial charge is 0.0400 e. The minimum Gasteiger partial charge on any atom is -0.381 e. The second-order valence-electron chi connectivity index (χ2n) is 6.14. The van der Waals surface area contributed by atoms with Crippen molar-refractivity contribution in [3.8, 4) is 0 Å². The van der Waals surface area contributed by atoms with Gasteiger partial charge in [0, 0.05) is 12.2 Å². The van der Waals surface area contributed by atoms with E-state index in [9.17, 15) is 0 Å². The summed E-state index contributed by atoms with van der Waals surface area (Å²) in [6.07, 6.45) is 0. The predicted octanol–water partition coefficient (Wildman–Crippen LogP) is 4.90. The van der Waals surface area contributed by atoms with Gasteiger partial charge in [0.2, 0.25) is 0 Å². The van der Waals surface area contributed by atoms with Crippen LogP contribution in [0.1, 0.15) is 37.5 Å². The fraction of sp³-hybridized carbons (Fsp3) is 0.333. The van der Waals surface area contributed by atoms with E-state index in [1.165, 1.54) is 22.4 Å². The summed E-state index contributed by atoms with van der Waals surface area (Å²) in [5.41, 5.74) is 5.39. The van der Waals surface area contributed by atoms with Crippen molar-refractivity contribution < 1.29 is 0 Å². The Morgan fingerprint density at radius 3 is 2.37 bits per heavy atom. The second kappa shape index (κ2) is 5.48. The van der Waals surface area contributed by atoms with E-state index in [2.05, 4.69) is 81.5 Å². The van der Waals surface area contributed by atoms with Crippen LogP contribution < -0.4 is 5.32 Å². The van der Waals surface area contributed by atoms with E-state index in [1.54, 1.807) is 0 Å². The summed E-state index contributed by atoms with van der Waals surface area (Å²) in [6.45, 7) is 9.75. The number of benzene rings is 2. The maximum absolute atomic E-state index is 3.56. The highest BCUT2D eigenvalue weighted by Crippen LogP contribution is 2.29. The molecule has 1 nitrogen and oxygen atoms in total. The molecular formula is C18H23N. The average Bonchev–Trinajstić information content (AvgIpc) is 2.36. The average molecular weight is 253 g/mol. The number of hydrogen-bond acceptors (Lipinski definition) is 1. The highest BCUT2D eigenvalue weighted by Gasteiger charge is 2.16. The van der Waals surface area contributed by atoms with Gasteiger partial charge in [-0.2, -0.15) is 0 Å². The normalized spacial score (nSPS) is 11.4. The van der Waals surface area contributed by atoms with E-state index < -0.39 is 0 Å². The molecule has 100 valence electrons. The van der Waals surface area contributed by atoms with E-state index in [0.717, 1.165) is 6.54 Å². The van der Waals surface area contributed by atoms with Crippen LogP contribution in [0.2, 0.25) is 0 Å². The van der Waals surface area contributed by atoms with E-state index in [-0.39, 0.29) is 5.41 Å². The summed E-state index contributed by atoms with van der Waals surface area (Å²) in [6, 6.07) is 17.2. The number of rotatable bonds is 3. The van der Waals surface area contributed by atoms with E-state index in [4.69, 9.17) is 0 Å². The summed E-state index contributed by atoms with van der Waals surface area (Å²) >= 11 is 0. The van der Waals surface area contributed by atoms with Gasteiger partial charge in [0.05, 0.1) is 0 Å². The Bertz CT molecular complexity index is 550. The van der Waals surface area contributed by atoms with Gasteiger partial charge >= 0.3 is 0 Å². The van der Waals surface area contributed by atoms with Crippen LogP contribution in [-0.2, 0) is 12.0 Å². The molecule has 0 aliphatic carbocycles. The van der Waals surface area contributed by atoms with Crippen molar-refractivity contribution in [3.05, 3.63) is 65.2 Å². The Kier molecular flexibility index (Phi) is 3.94. The van der Waals surface area contributed by atoms with E-state index in [0.29, 0.717) is 0 Å². The third-order valence-corrected chi connectivity index (χ3v) is 3.30. The molecule has 0 radical (unpaired) electrons. The molecule has 0 fully saturated rings. The van der Waals surface area contributed by atoms with Crippen molar-refractivity contribution in [2.45, 2.75) is 39.7 Å². The fourth-order valence-electron chi connectivity index (χ4n) is 2.31. The molecule has 2 rings (SSSR count). The zero-order chi connectivity index (χ0) is 13.9. The Morgan fingerprint density at radius 1 is 0.947 bits per heavy atom. The third-order valence-electron chi connectivity index (χ3n) is 3.30. The summed E-state index contributed by atoms with van der Waals surface area (Å²) in [7, 11) is 0. The molecule has 0 aliphatic heterocycles. The summed E-state index contributed by atoms with van der Waals surface area (Å²) in [4.78, 5) is 0. The van der Waals surface area contributed by atoms with Crippen LogP contribution in [-0.4, -0.2) is 0 Å². The van der Waals surface area contributed by atoms with Gasteiger partial charge in [-0.3, -0.25) is 0 Å². The van der Waals surface area contributed by atoms with Crippen molar-refractivity contribution >= 4 is 5.69 Å². The molecule has 2 aromatic rings. The Labute approximate surface area is 116 Å². The Morgan fingerprint density at radius 2 is 1.68 bits per heavy atom. The summed E-state index contributed by atoms with van der Waals surface area (Å²) < 4.78 is 0. The van der Waals surface area contributed by atoms with Gasteiger partial charge in [-0.05, 0) is 29.5 Å². The lowest BCUT2D eigenvalue weighted by atomic mass is 9.86. The number of nitrogens with one attached hydrogen (secondary N) is 1. The van der Waals surface area contributed by atoms with Crippen LogP contribution in [0.5, 0.6) is 0 Å². The SMILES string of the molecule is Cc1cccc(CNc2ccccc2C(C)(C)C)c1. The van der Waals surface area contributed by atoms with Crippen molar-refractivity contribution in [2.75, 3.05) is 5.32 Å². The Hall–Kier alpha value is -1.76. The number of hydrogen-bond donors (Lipinski definition) is 1. The molecule has 2 aromatic carbocycles. The monoisotopic (exact) mass is 253 g/mol. The van der Waals surface area contributed by atoms with Gasteiger partial charge in [-0.25, -0.2) is 0 Å². The molecule has 0 saturated heterocycles. The van der Waals surface area contributed by atoms with Gasteiger partial charge in [-0.1, -0.05) is 68.8 Å². The zero-order valence-corrected chi connectivity index (χ0v) is 12.3. The van der Waals surface area contributed by atoms with Gasteiger partial charge in [-0.15, -0.1) is 0 Å². The van der Waals surface area contributed by atoms with Gasteiger partial charge < -0.3 is 5.32 Å². The molecule has 0 heterocycles. The molecule has 0 aliphatic rings. The van der Waals surface area contributed by atoms with Crippen LogP contribution in [0.15, 0.2) is 48.5 Å². The molecule has 1 N–H and O–H groups in total. The first kappa shape index (κ1) is 13.7. The molecule has 0 atom stereocenters. The van der Waals surface area contributed by atoms with Crippen LogP contribution in [0.25, 0.3) is 0 Å². The van der Waals surface area contributed by atoms with Crippen molar-refractivity contribution in [3.63, 3.8) is 0 Å². The van der Waals surface area contributed by atoms with Crippen LogP contribution in [0, 0.1) is 6.92 Å². The largest absolute Gasteiger partial charge is 0.381 e. The first-order chi connectivity index (χ1) is 8.97. The standard InChI is InChI=1S/C18H23N/c1-14-8-7-9-15(12-14)13-19-17-11-6-5-10-16(17)18(2,3)4/h5-12,19H,13H2,1-4H3. The topological polar surface area (TPSA) is 12.0 Å². The highest BCUT2D eigenvalue weighted by molar-refractivity contribution is 5.54. The lowest BCUT2D eigenvalue weighted by molar-refractivity contribution is 0.591. The van der Waals surface area contributed by atoms with Crippen molar-refractivity contribution in [1.29, 1.82) is 0 Å². The first-order valence-electron chi connectivity index (χ1n) is 6.86. The molecule has 0 amide bonds. The zero-order valence-electron chi connectivity index (χ0n) is 12.3. The fourth-order valence-corrected chi connectivity index (χ4v) is 2.31. The minimum atomic E-state index is 0.163. The lowest BCUT2D eigenvalue weighted by Gasteiger charge is -2.23. The van der Waals surface area contributed by atoms with Crippen LogP contribution >= 0.6 is 0 Å². The third kappa shape index (κ3) is 3.60. The molecule has 0 aromatic heterocycles. The van der Waals surface area contributed by atoms with Crippen LogP contribution in [0.4, 0.5) is 5.69 Å². The number of aryl methyl sites for hydroxylation is 1. The molecule has 1 heteroatoms. The summed E-state index contributed by atoms with van der Waals surface area (Å²) in [5, 5.41) is 3.56. The summed E-state index contributed by atoms with van der Waals surface area (Å²) in [5.74, 6) is 0. The van der Waals surface area contributed by atoms with Crippen LogP contribution in [0.3, 0.4) is 0 Å². The molecule has 19 heavy (non-hydrogen) atoms. The molecule has 0 saturated carbocycles. The quantitative estimate of drug-likeness (QED) is 0.820. The molecular weight excluding hydrogens is 230 g/mol. The number of para-hydroxylation sites is 1. The number of anilines is 1. The van der Waals surface area contributed by atoms with Gasteiger partial charge in [0.25, 0.3) is 0 Å². The van der Waals surface area contributed by atoms with Crippen molar-refractivity contribution in [1.82, 2.24) is 0 Å². The van der Waals surface area contributed by atoms with E-state index >= 15 is 0 Å². The molecule has 0 bridgehead atoms. The maximum Gasteiger partial charge on any atom is 0.0400 e. The first-order valence-corrected chi connectivity index (χ1v) is 6.86. The molecule has 0 unspecified atom stereocenters. The Balaban J connectivity index is 2.16. The minimum absolute atomic E-state index is 0.163. The molecule has 0 spiro atoms. The van der Waals surface area contributed by atoms with Gasteiger partial charge in [0.15, 0.2) is 0 Å². The van der Waals surface area contributed by atoms with E-state index in [1.807, 2.05) is 0 Å². The van der Waals surface area contributed by atoms with Gasteiger partial charge in [0.1, 0.15) is 0 Å². The lowest BCUT2D eigenvalue weighted by Crippen LogP contribution is -2.14. The second-order valence-corrected chi connectivity index (χ2v) is 6.14. The highest BCUT2D eigenvalue weighted by atomic mass is 14.9. The van der Waals surface area contributed by atoms with Crippen molar-refractivity contribution in [2.24, 2.45) is 0 Å².